The fraction of sp³-hybridized carbons (Fsp3) is 0.786. The van der Waals surface area contributed by atoms with Crippen LogP contribution in [-0.2, 0) is 0 Å². The van der Waals surface area contributed by atoms with Crippen molar-refractivity contribution in [3.05, 3.63) is 12.4 Å². The number of nitrogens with zero attached hydrogens (tertiary/aromatic N) is 2. The Labute approximate surface area is 105 Å². The zero-order valence-electron chi connectivity index (χ0n) is 11.3. The predicted molar refractivity (Wildman–Crippen MR) is 72.3 cm³/mol. The van der Waals surface area contributed by atoms with Gasteiger partial charge in [-0.15, -0.1) is 0 Å². The molecule has 1 aliphatic rings. The quantitative estimate of drug-likeness (QED) is 0.859. The second-order valence-electron chi connectivity index (χ2n) is 5.52. The Morgan fingerprint density at radius 2 is 2.06 bits per heavy atom. The molecule has 2 rings (SSSR count). The summed E-state index contributed by atoms with van der Waals surface area (Å²) in [6.07, 6.45) is 10.6. The van der Waals surface area contributed by atoms with Crippen molar-refractivity contribution in [3.63, 3.8) is 0 Å². The van der Waals surface area contributed by atoms with Crippen molar-refractivity contribution in [2.24, 2.45) is 5.92 Å². The molecule has 96 valence electrons. The van der Waals surface area contributed by atoms with Crippen molar-refractivity contribution in [2.75, 3.05) is 5.32 Å². The highest BCUT2D eigenvalue weighted by molar-refractivity contribution is 5.28. The fourth-order valence-corrected chi connectivity index (χ4v) is 2.74. The lowest BCUT2D eigenvalue weighted by Gasteiger charge is -2.29. The van der Waals surface area contributed by atoms with E-state index in [2.05, 4.69) is 41.8 Å². The molecule has 0 bridgehead atoms. The highest BCUT2D eigenvalue weighted by Crippen LogP contribution is 2.28. The molecule has 3 nitrogen and oxygen atoms in total. The summed E-state index contributed by atoms with van der Waals surface area (Å²) in [7, 11) is 0. The van der Waals surface area contributed by atoms with Crippen LogP contribution in [0.4, 0.5) is 5.95 Å². The van der Waals surface area contributed by atoms with Gasteiger partial charge in [0.25, 0.3) is 0 Å². The van der Waals surface area contributed by atoms with E-state index >= 15 is 0 Å². The second-order valence-corrected chi connectivity index (χ2v) is 5.52. The number of hydrogen-bond acceptors (Lipinski definition) is 2. The summed E-state index contributed by atoms with van der Waals surface area (Å²) in [5.74, 6) is 2.00. The minimum Gasteiger partial charge on any atom is -0.353 e. The molecule has 0 spiro atoms. The van der Waals surface area contributed by atoms with Gasteiger partial charge in [-0.1, -0.05) is 13.3 Å². The van der Waals surface area contributed by atoms with Crippen molar-refractivity contribution in [1.29, 1.82) is 0 Å². The van der Waals surface area contributed by atoms with E-state index in [0.29, 0.717) is 12.1 Å². The lowest BCUT2D eigenvalue weighted by molar-refractivity contribution is 0.328. The molecular formula is C14H25N3. The average molecular weight is 235 g/mol. The first-order valence-electron chi connectivity index (χ1n) is 7.00. The smallest absolute Gasteiger partial charge is 0.203 e. The zero-order chi connectivity index (χ0) is 12.3. The van der Waals surface area contributed by atoms with E-state index in [1.54, 1.807) is 0 Å². The minimum absolute atomic E-state index is 0.479. The van der Waals surface area contributed by atoms with Crippen LogP contribution in [0.2, 0.25) is 0 Å². The normalized spacial score (nSPS) is 25.2. The molecule has 0 aromatic carbocycles. The van der Waals surface area contributed by atoms with Crippen molar-refractivity contribution in [3.8, 4) is 0 Å². The molecule has 1 heterocycles. The third-order valence-electron chi connectivity index (χ3n) is 3.98. The summed E-state index contributed by atoms with van der Waals surface area (Å²) in [6.45, 7) is 6.70. The van der Waals surface area contributed by atoms with Gasteiger partial charge in [0.2, 0.25) is 5.95 Å². The molecule has 1 N–H and O–H groups in total. The molecule has 1 aliphatic carbocycles. The number of anilines is 1. The van der Waals surface area contributed by atoms with Gasteiger partial charge >= 0.3 is 0 Å². The number of rotatable bonds is 4. The van der Waals surface area contributed by atoms with E-state index in [9.17, 15) is 0 Å². The zero-order valence-corrected chi connectivity index (χ0v) is 11.3. The van der Waals surface area contributed by atoms with E-state index < -0.39 is 0 Å². The van der Waals surface area contributed by atoms with E-state index in [1.165, 1.54) is 32.1 Å². The van der Waals surface area contributed by atoms with Crippen molar-refractivity contribution >= 4 is 5.95 Å². The Balaban J connectivity index is 1.91. The van der Waals surface area contributed by atoms with Gasteiger partial charge in [0.05, 0.1) is 0 Å². The number of nitrogens with one attached hydrogen (secondary N) is 1. The highest BCUT2D eigenvalue weighted by Gasteiger charge is 2.21. The topological polar surface area (TPSA) is 29.9 Å². The Morgan fingerprint density at radius 1 is 1.35 bits per heavy atom. The maximum absolute atomic E-state index is 4.42. The third-order valence-corrected chi connectivity index (χ3v) is 3.98. The number of hydrogen-bond donors (Lipinski definition) is 1. The summed E-state index contributed by atoms with van der Waals surface area (Å²) in [5, 5.41) is 3.61. The van der Waals surface area contributed by atoms with E-state index in [-0.39, 0.29) is 0 Å². The molecule has 1 aromatic rings. The molecule has 0 amide bonds. The Morgan fingerprint density at radius 3 is 2.65 bits per heavy atom. The van der Waals surface area contributed by atoms with Crippen LogP contribution < -0.4 is 5.32 Å². The van der Waals surface area contributed by atoms with Crippen LogP contribution in [0.1, 0.15) is 58.9 Å². The van der Waals surface area contributed by atoms with Gasteiger partial charge in [0.1, 0.15) is 0 Å². The van der Waals surface area contributed by atoms with Gasteiger partial charge in [0.15, 0.2) is 0 Å². The van der Waals surface area contributed by atoms with Crippen LogP contribution in [0.15, 0.2) is 12.4 Å². The van der Waals surface area contributed by atoms with E-state index in [0.717, 1.165) is 11.9 Å². The van der Waals surface area contributed by atoms with Crippen LogP contribution >= 0.6 is 0 Å². The van der Waals surface area contributed by atoms with E-state index in [4.69, 9.17) is 0 Å². The molecule has 1 saturated carbocycles. The minimum atomic E-state index is 0.479. The summed E-state index contributed by atoms with van der Waals surface area (Å²) in [4.78, 5) is 4.42. The fourth-order valence-electron chi connectivity index (χ4n) is 2.74. The lowest BCUT2D eigenvalue weighted by Crippen LogP contribution is -2.27. The monoisotopic (exact) mass is 235 g/mol. The second kappa shape index (κ2) is 5.56. The van der Waals surface area contributed by atoms with Crippen molar-refractivity contribution in [2.45, 2.75) is 65.0 Å². The largest absolute Gasteiger partial charge is 0.353 e. The molecule has 1 aromatic heterocycles. The predicted octanol–water partition coefficient (Wildman–Crippen LogP) is 3.84. The van der Waals surface area contributed by atoms with Crippen LogP contribution in [0.3, 0.4) is 0 Å². The summed E-state index contributed by atoms with van der Waals surface area (Å²) in [6, 6.07) is 1.10. The first kappa shape index (κ1) is 12.5. The molecule has 0 unspecified atom stereocenters. The average Bonchev–Trinajstić information content (AvgIpc) is 2.78. The summed E-state index contributed by atoms with van der Waals surface area (Å²) >= 11 is 0. The van der Waals surface area contributed by atoms with Gasteiger partial charge in [0, 0.05) is 24.5 Å². The number of aromatic nitrogens is 2. The molecule has 1 fully saturated rings. The standard InChI is InChI=1S/C14H25N3/c1-4-12-5-7-13(8-6-12)16-14-15-9-10-17(14)11(2)3/h9-13H,4-8H2,1-3H3,(H,15,16). The van der Waals surface area contributed by atoms with Crippen LogP contribution in [0.5, 0.6) is 0 Å². The van der Waals surface area contributed by atoms with Gasteiger partial charge in [-0.25, -0.2) is 4.98 Å². The molecule has 0 radical (unpaired) electrons. The van der Waals surface area contributed by atoms with Crippen LogP contribution in [0, 0.1) is 5.92 Å². The van der Waals surface area contributed by atoms with Gasteiger partial charge in [-0.2, -0.15) is 0 Å². The molecule has 17 heavy (non-hydrogen) atoms. The maximum atomic E-state index is 4.42. The molecule has 0 aliphatic heterocycles. The lowest BCUT2D eigenvalue weighted by atomic mass is 9.85. The Hall–Kier alpha value is -0.990. The van der Waals surface area contributed by atoms with E-state index in [1.807, 2.05) is 6.20 Å². The maximum Gasteiger partial charge on any atom is 0.203 e. The molecule has 0 atom stereocenters. The first-order chi connectivity index (χ1) is 8.20. The summed E-state index contributed by atoms with van der Waals surface area (Å²) < 4.78 is 2.21. The third kappa shape index (κ3) is 3.02. The first-order valence-corrected chi connectivity index (χ1v) is 7.00. The van der Waals surface area contributed by atoms with Crippen molar-refractivity contribution in [1.82, 2.24) is 9.55 Å². The van der Waals surface area contributed by atoms with Gasteiger partial charge < -0.3 is 9.88 Å². The van der Waals surface area contributed by atoms with Gasteiger partial charge in [-0.05, 0) is 45.4 Å². The molecule has 3 heteroatoms. The van der Waals surface area contributed by atoms with Crippen LogP contribution in [-0.4, -0.2) is 15.6 Å². The molecular weight excluding hydrogens is 210 g/mol. The van der Waals surface area contributed by atoms with Crippen LogP contribution in [0.25, 0.3) is 0 Å². The summed E-state index contributed by atoms with van der Waals surface area (Å²) in [5.41, 5.74) is 0. The highest BCUT2D eigenvalue weighted by atomic mass is 15.2. The molecule has 0 saturated heterocycles. The van der Waals surface area contributed by atoms with Crippen molar-refractivity contribution < 1.29 is 0 Å². The Bertz CT molecular complexity index is 335. The number of imidazole rings is 1. The Kier molecular flexibility index (Phi) is 4.08. The SMILES string of the molecule is CCC1CCC(Nc2nccn2C(C)C)CC1. The van der Waals surface area contributed by atoms with Gasteiger partial charge in [-0.3, -0.25) is 0 Å².